The Morgan fingerprint density at radius 3 is 0.770 bits per heavy atom. The summed E-state index contributed by atoms with van der Waals surface area (Å²) in [5, 5.41) is 53.4. The number of benzene rings is 4. The van der Waals surface area contributed by atoms with Crippen molar-refractivity contribution in [2.24, 2.45) is 0 Å². The number of nitrogens with one attached hydrogen (secondary N) is 4. The van der Waals surface area contributed by atoms with E-state index in [9.17, 15) is 58.8 Å². The van der Waals surface area contributed by atoms with Gasteiger partial charge < -0.3 is 69.2 Å². The molecule has 0 bridgehead atoms. The molecule has 6 rings (SSSR count). The summed E-state index contributed by atoms with van der Waals surface area (Å²) < 4.78 is 19.7. The summed E-state index contributed by atoms with van der Waals surface area (Å²) in [7, 11) is -1.91. The molecule has 20 nitrogen and oxygen atoms in total. The number of rotatable bonds is 12. The number of aliphatic carboxylic acids is 4. The fourth-order valence-electron chi connectivity index (χ4n) is 6.63. The van der Waals surface area contributed by atoms with Crippen molar-refractivity contribution >= 4 is 76.2 Å². The summed E-state index contributed by atoms with van der Waals surface area (Å²) in [6, 6.07) is 43.8. The summed E-state index contributed by atoms with van der Waals surface area (Å²) >= 11 is 0. The predicted molar refractivity (Wildman–Crippen MR) is 264 cm³/mol. The number of carboxylic acids is 4. The van der Waals surface area contributed by atoms with Crippen LogP contribution < -0.4 is 62.9 Å². The largest absolute Gasteiger partial charge is 3.00 e. The van der Waals surface area contributed by atoms with Crippen molar-refractivity contribution in [1.82, 2.24) is 21.3 Å². The van der Waals surface area contributed by atoms with Gasteiger partial charge in [0.1, 0.15) is 28.5 Å². The van der Waals surface area contributed by atoms with Crippen molar-refractivity contribution in [3.05, 3.63) is 121 Å². The van der Waals surface area contributed by atoms with E-state index < -0.39 is 57.3 Å². The van der Waals surface area contributed by atoms with Crippen LogP contribution in [0.1, 0.15) is 51.4 Å². The first-order valence-corrected chi connectivity index (χ1v) is 25.4. The van der Waals surface area contributed by atoms with Gasteiger partial charge in [-0.25, -0.2) is 0 Å². The van der Waals surface area contributed by atoms with Crippen LogP contribution in [0.2, 0.25) is 0 Å². The van der Waals surface area contributed by atoms with Gasteiger partial charge >= 0.3 is 40.9 Å². The fraction of sp³-hybridized carbons (Fsp3) is 0.385. The second-order valence-corrected chi connectivity index (χ2v) is 19.0. The van der Waals surface area contributed by atoms with Crippen molar-refractivity contribution < 1.29 is 94.8 Å². The molecule has 4 N–H and O–H groups in total. The van der Waals surface area contributed by atoms with Crippen LogP contribution >= 0.6 is 7.26 Å². The van der Waals surface area contributed by atoms with Gasteiger partial charge in [-0.3, -0.25) is 29.8 Å². The molecule has 74 heavy (non-hydrogen) atoms. The number of esters is 4. The van der Waals surface area contributed by atoms with Crippen molar-refractivity contribution in [3.63, 3.8) is 0 Å². The molecule has 0 amide bonds. The van der Waals surface area contributed by atoms with Gasteiger partial charge in [-0.1, -0.05) is 72.8 Å². The van der Waals surface area contributed by atoms with Gasteiger partial charge in [-0.2, -0.15) is 0 Å². The molecule has 0 unspecified atom stereocenters. The molecule has 0 saturated carbocycles. The molecule has 1 radical (unpaired) electrons. The molecule has 2 aliphatic heterocycles. The van der Waals surface area contributed by atoms with E-state index in [0.29, 0.717) is 26.4 Å². The maximum atomic E-state index is 11.1. The number of carbonyl (C=O) groups excluding carboxylic acids is 8. The van der Waals surface area contributed by atoms with Gasteiger partial charge in [0.05, 0.1) is 76.5 Å². The zero-order valence-electron chi connectivity index (χ0n) is 41.0. The fourth-order valence-corrected chi connectivity index (χ4v) is 10.9. The molecule has 2 saturated heterocycles. The van der Waals surface area contributed by atoms with Crippen LogP contribution in [0.15, 0.2) is 121 Å². The number of cyclic esters (lactones) is 4. The summed E-state index contributed by atoms with van der Waals surface area (Å²) in [6.07, 6.45) is 7.49. The standard InChI is InChI=1S/C24H20P.2C10H17NO4.2C4H7NO4.Fe/c1-5-13-21(14-6-1)25(22-15-7-2-8-16-22,23-17-9-3-10-18-23)24-19-11-4-12-20-24;2*12-9-7-11-8-10(13)15-6-4-2-1-3-5-14-9;2*6-3(7)1-5-2-4(8)9;/h1-20H;2*11H,1-8H2;2*5H,1-2H2,(H,6,7)(H,8,9);/q+1;;;;;+3/p-4. The minimum atomic E-state index is -1.91. The molecule has 2 heterocycles. The van der Waals surface area contributed by atoms with E-state index in [4.69, 9.17) is 18.9 Å². The Morgan fingerprint density at radius 1 is 0.378 bits per heavy atom. The van der Waals surface area contributed by atoms with Crippen LogP contribution in [-0.4, -0.2) is 127 Å². The Bertz CT molecular complexity index is 1920. The van der Waals surface area contributed by atoms with Crippen LogP contribution in [0.3, 0.4) is 0 Å². The Labute approximate surface area is 442 Å². The first-order chi connectivity index (χ1) is 35.2. The molecule has 2 aliphatic rings. The van der Waals surface area contributed by atoms with E-state index >= 15 is 0 Å². The summed E-state index contributed by atoms with van der Waals surface area (Å²) in [6.45, 7) is 0.271. The number of hydrogen-bond acceptors (Lipinski definition) is 20. The number of ether oxygens (including phenoxy) is 4. The Hall–Kier alpha value is -6.57. The van der Waals surface area contributed by atoms with Crippen LogP contribution in [0.5, 0.6) is 0 Å². The second-order valence-electron chi connectivity index (χ2n) is 15.6. The third kappa shape index (κ3) is 29.8. The number of hydrogen-bond donors (Lipinski definition) is 4. The predicted octanol–water partition coefficient (Wildman–Crippen LogP) is -3.07. The Kier molecular flexibility index (Phi) is 36.1. The second kappa shape index (κ2) is 40.9. The third-order valence-electron chi connectivity index (χ3n) is 9.86. The molecular weight excluding hydrogens is 1020 g/mol. The molecule has 4 aromatic carbocycles. The molecule has 0 atom stereocenters. The average Bonchev–Trinajstić information content (AvgIpc) is 3.40. The first kappa shape index (κ1) is 65.4. The Balaban J connectivity index is 0.000000491. The maximum absolute atomic E-state index is 11.1. The molecule has 2 fully saturated rings. The molecule has 401 valence electrons. The van der Waals surface area contributed by atoms with Gasteiger partial charge in [0.15, 0.2) is 0 Å². The quantitative estimate of drug-likeness (QED) is 0.0473. The van der Waals surface area contributed by atoms with Crippen molar-refractivity contribution in [3.8, 4) is 0 Å². The first-order valence-electron chi connectivity index (χ1n) is 23.6. The van der Waals surface area contributed by atoms with Gasteiger partial charge in [-0.05, 0) is 99.9 Å². The average molecular weight is 1090 g/mol. The summed E-state index contributed by atoms with van der Waals surface area (Å²) in [4.78, 5) is 82.6. The third-order valence-corrected chi connectivity index (χ3v) is 14.1. The van der Waals surface area contributed by atoms with E-state index in [2.05, 4.69) is 143 Å². The summed E-state index contributed by atoms with van der Waals surface area (Å²) in [5.74, 6) is -6.62. The normalized spacial score (nSPS) is 14.7. The topological polar surface area (TPSA) is 314 Å². The zero-order chi connectivity index (χ0) is 53.4. The van der Waals surface area contributed by atoms with Gasteiger partial charge in [0.25, 0.3) is 0 Å². The minimum Gasteiger partial charge on any atom is -0.549 e. The van der Waals surface area contributed by atoms with Crippen LogP contribution in [0, 0.1) is 0 Å². The van der Waals surface area contributed by atoms with Crippen LogP contribution in [-0.2, 0) is 74.4 Å². The number of carboxylic acid groups (broad SMARTS) is 4. The molecule has 22 heteroatoms. The Morgan fingerprint density at radius 2 is 0.581 bits per heavy atom. The van der Waals surface area contributed by atoms with Crippen molar-refractivity contribution in [2.45, 2.75) is 51.4 Å². The van der Waals surface area contributed by atoms with E-state index in [1.165, 1.54) is 21.2 Å². The SMILES string of the molecule is O=C([O-])CNCC(=O)[O-].O=C([O-])CNCC(=O)[O-].O=C1CNCC(=O)OCCCCCCO1.O=C1CNCC(=O)OCCCCCCO1.[Fe+3].c1ccc([P+](c2ccccc2)(c2ccccc2)c2ccccc2)cc1. The van der Waals surface area contributed by atoms with Crippen molar-refractivity contribution in [1.29, 1.82) is 0 Å². The summed E-state index contributed by atoms with van der Waals surface area (Å²) in [5.41, 5.74) is 0. The molecule has 4 aromatic rings. The minimum absolute atomic E-state index is 0. The molecular formula is C52H64FeN4O16P. The monoisotopic (exact) mass is 1090 g/mol. The van der Waals surface area contributed by atoms with Gasteiger partial charge in [0.2, 0.25) is 0 Å². The molecule has 0 aliphatic carbocycles. The van der Waals surface area contributed by atoms with Crippen molar-refractivity contribution in [2.75, 3.05) is 78.8 Å². The van der Waals surface area contributed by atoms with E-state index in [1.807, 2.05) is 0 Å². The zero-order valence-corrected chi connectivity index (χ0v) is 43.0. The maximum Gasteiger partial charge on any atom is 3.00 e. The van der Waals surface area contributed by atoms with E-state index in [0.717, 1.165) is 51.4 Å². The van der Waals surface area contributed by atoms with Crippen LogP contribution in [0.4, 0.5) is 0 Å². The molecule has 0 spiro atoms. The smallest absolute Gasteiger partial charge is 0.549 e. The van der Waals surface area contributed by atoms with Gasteiger partial charge in [-0.15, -0.1) is 0 Å². The van der Waals surface area contributed by atoms with Crippen LogP contribution in [0.25, 0.3) is 0 Å². The number of carbonyl (C=O) groups is 8. The van der Waals surface area contributed by atoms with Gasteiger partial charge in [0, 0.05) is 26.2 Å². The molecule has 0 aromatic heterocycles. The van der Waals surface area contributed by atoms with E-state index in [1.54, 1.807) is 0 Å². The van der Waals surface area contributed by atoms with E-state index in [-0.39, 0.29) is 67.1 Å².